The zero-order valence-electron chi connectivity index (χ0n) is 6.60. The SMILES string of the molecule is Brc1cnc2scc(C(Br)(Br)Br)c2c1. The first-order valence-corrected chi connectivity index (χ1v) is 7.63. The summed E-state index contributed by atoms with van der Waals surface area (Å²) < 4.78 is 0.620. The molecule has 0 saturated carbocycles. The molecule has 74 valence electrons. The highest BCUT2D eigenvalue weighted by molar-refractivity contribution is 9.38. The molecule has 0 spiro atoms. The third kappa shape index (κ3) is 2.24. The van der Waals surface area contributed by atoms with Crippen LogP contribution in [0, 0.1) is 0 Å². The zero-order valence-corrected chi connectivity index (χ0v) is 13.8. The Balaban J connectivity index is 2.73. The van der Waals surface area contributed by atoms with Gasteiger partial charge in [-0.2, -0.15) is 0 Å². The molecule has 0 aromatic carbocycles. The number of aromatic nitrogens is 1. The second kappa shape index (κ2) is 4.13. The first-order chi connectivity index (χ1) is 6.48. The molecule has 0 radical (unpaired) electrons. The highest BCUT2D eigenvalue weighted by atomic mass is 80.0. The van der Waals surface area contributed by atoms with Crippen LogP contribution in [-0.2, 0) is 2.14 Å². The van der Waals surface area contributed by atoms with Crippen LogP contribution < -0.4 is 0 Å². The van der Waals surface area contributed by atoms with Crippen molar-refractivity contribution in [3.63, 3.8) is 0 Å². The topological polar surface area (TPSA) is 12.9 Å². The summed E-state index contributed by atoms with van der Waals surface area (Å²) in [7, 11) is 0. The van der Waals surface area contributed by atoms with Crippen LogP contribution >= 0.6 is 75.1 Å². The second-order valence-electron chi connectivity index (χ2n) is 2.65. The van der Waals surface area contributed by atoms with Crippen molar-refractivity contribution in [2.24, 2.45) is 0 Å². The molecule has 2 rings (SSSR count). The minimum atomic E-state index is -0.367. The van der Waals surface area contributed by atoms with Crippen molar-refractivity contribution in [3.8, 4) is 0 Å². The van der Waals surface area contributed by atoms with Gasteiger partial charge < -0.3 is 0 Å². The van der Waals surface area contributed by atoms with Crippen LogP contribution in [0.2, 0.25) is 0 Å². The molecular weight excluding hydrogens is 462 g/mol. The van der Waals surface area contributed by atoms with E-state index >= 15 is 0 Å². The molecule has 0 atom stereocenters. The summed E-state index contributed by atoms with van der Waals surface area (Å²) in [6.07, 6.45) is 1.81. The molecule has 2 aromatic rings. The van der Waals surface area contributed by atoms with E-state index in [1.807, 2.05) is 0 Å². The number of nitrogens with zero attached hydrogens (tertiary/aromatic N) is 1. The largest absolute Gasteiger partial charge is 0.244 e. The van der Waals surface area contributed by atoms with Gasteiger partial charge >= 0.3 is 0 Å². The Morgan fingerprint density at radius 3 is 2.64 bits per heavy atom. The third-order valence-corrected chi connectivity index (χ3v) is 4.32. The molecule has 2 heterocycles. The van der Waals surface area contributed by atoms with E-state index in [1.54, 1.807) is 17.5 Å². The number of rotatable bonds is 0. The predicted octanol–water partition coefficient (Wildman–Crippen LogP) is 5.35. The lowest BCUT2D eigenvalue weighted by Crippen LogP contribution is -1.95. The maximum atomic E-state index is 4.32. The normalized spacial score (nSPS) is 12.3. The predicted molar refractivity (Wildman–Crippen MR) is 75.8 cm³/mol. The number of hydrogen-bond donors (Lipinski definition) is 0. The van der Waals surface area contributed by atoms with Crippen LogP contribution in [0.5, 0.6) is 0 Å². The monoisotopic (exact) mass is 461 g/mol. The molecule has 0 aliphatic heterocycles. The van der Waals surface area contributed by atoms with Gasteiger partial charge in [-0.25, -0.2) is 4.98 Å². The van der Waals surface area contributed by atoms with Crippen molar-refractivity contribution >= 4 is 85.3 Å². The van der Waals surface area contributed by atoms with E-state index in [9.17, 15) is 0 Å². The smallest absolute Gasteiger partial charge is 0.161 e. The van der Waals surface area contributed by atoms with Gasteiger partial charge in [0, 0.05) is 21.6 Å². The lowest BCUT2D eigenvalue weighted by atomic mass is 10.2. The highest BCUT2D eigenvalue weighted by Crippen LogP contribution is 2.48. The fourth-order valence-electron chi connectivity index (χ4n) is 1.11. The van der Waals surface area contributed by atoms with Crippen LogP contribution in [0.25, 0.3) is 10.2 Å². The van der Waals surface area contributed by atoms with Crippen LogP contribution in [0.4, 0.5) is 0 Å². The Kier molecular flexibility index (Phi) is 3.39. The fraction of sp³-hybridized carbons (Fsp3) is 0.125. The van der Waals surface area contributed by atoms with Crippen LogP contribution in [0.15, 0.2) is 22.1 Å². The summed E-state index contributed by atoms with van der Waals surface area (Å²) in [6, 6.07) is 2.06. The van der Waals surface area contributed by atoms with Gasteiger partial charge in [0.25, 0.3) is 0 Å². The first kappa shape index (κ1) is 11.5. The average Bonchev–Trinajstić information content (AvgIpc) is 2.45. The standard InChI is InChI=1S/C8H3Br4NS/c9-4-1-5-6(8(10,11)12)3-14-7(5)13-2-4/h1-3H. The van der Waals surface area contributed by atoms with E-state index < -0.39 is 0 Å². The van der Waals surface area contributed by atoms with Crippen LogP contribution in [-0.4, -0.2) is 4.98 Å². The molecule has 0 unspecified atom stereocenters. The van der Waals surface area contributed by atoms with Crippen LogP contribution in [0.1, 0.15) is 5.56 Å². The number of pyridine rings is 1. The molecule has 2 aromatic heterocycles. The van der Waals surface area contributed by atoms with Crippen molar-refractivity contribution in [1.29, 1.82) is 0 Å². The van der Waals surface area contributed by atoms with Crippen molar-refractivity contribution in [1.82, 2.24) is 4.98 Å². The van der Waals surface area contributed by atoms with E-state index in [1.165, 1.54) is 0 Å². The molecule has 6 heteroatoms. The number of halogens is 4. The lowest BCUT2D eigenvalue weighted by molar-refractivity contribution is 1.39. The van der Waals surface area contributed by atoms with Gasteiger partial charge in [-0.15, -0.1) is 11.3 Å². The van der Waals surface area contributed by atoms with Gasteiger partial charge in [0.1, 0.15) is 4.83 Å². The van der Waals surface area contributed by atoms with Gasteiger partial charge in [-0.05, 0) is 27.4 Å². The van der Waals surface area contributed by atoms with Gasteiger partial charge in [0.15, 0.2) is 2.14 Å². The van der Waals surface area contributed by atoms with Crippen molar-refractivity contribution in [2.45, 2.75) is 2.14 Å². The van der Waals surface area contributed by atoms with Crippen molar-refractivity contribution in [3.05, 3.63) is 27.7 Å². The maximum Gasteiger partial charge on any atom is 0.161 e. The Labute approximate surface area is 119 Å². The number of alkyl halides is 3. The molecule has 0 fully saturated rings. The number of hydrogen-bond acceptors (Lipinski definition) is 2. The molecule has 0 aliphatic rings. The van der Waals surface area contributed by atoms with E-state index in [0.29, 0.717) is 0 Å². The summed E-state index contributed by atoms with van der Waals surface area (Å²) in [6.45, 7) is 0. The number of fused-ring (bicyclic) bond motifs is 1. The molecule has 0 bridgehead atoms. The molecule has 14 heavy (non-hydrogen) atoms. The second-order valence-corrected chi connectivity index (χ2v) is 11.2. The van der Waals surface area contributed by atoms with E-state index in [-0.39, 0.29) is 2.14 Å². The maximum absolute atomic E-state index is 4.32. The van der Waals surface area contributed by atoms with E-state index in [2.05, 4.69) is 80.2 Å². The van der Waals surface area contributed by atoms with Gasteiger partial charge in [0.2, 0.25) is 0 Å². The lowest BCUT2D eigenvalue weighted by Gasteiger charge is -2.10. The molecule has 0 saturated heterocycles. The number of thiophene rings is 1. The van der Waals surface area contributed by atoms with Crippen LogP contribution in [0.3, 0.4) is 0 Å². The highest BCUT2D eigenvalue weighted by Gasteiger charge is 2.24. The molecule has 0 aliphatic carbocycles. The summed E-state index contributed by atoms with van der Waals surface area (Å²) in [5.41, 5.74) is 1.13. The Bertz CT molecular complexity index is 474. The Morgan fingerprint density at radius 2 is 2.00 bits per heavy atom. The molecule has 0 amide bonds. The quantitative estimate of drug-likeness (QED) is 0.479. The summed E-state index contributed by atoms with van der Waals surface area (Å²) in [5, 5.41) is 3.21. The summed E-state index contributed by atoms with van der Waals surface area (Å²) in [4.78, 5) is 5.36. The minimum Gasteiger partial charge on any atom is -0.244 e. The fourth-order valence-corrected chi connectivity index (χ4v) is 3.82. The molecule has 1 nitrogen and oxygen atoms in total. The van der Waals surface area contributed by atoms with Gasteiger partial charge in [-0.1, -0.05) is 47.8 Å². The summed E-state index contributed by atoms with van der Waals surface area (Å²) >= 11 is 15.6. The summed E-state index contributed by atoms with van der Waals surface area (Å²) in [5.74, 6) is 0. The third-order valence-electron chi connectivity index (χ3n) is 1.70. The van der Waals surface area contributed by atoms with Gasteiger partial charge in [0.05, 0.1) is 0 Å². The van der Waals surface area contributed by atoms with E-state index in [0.717, 1.165) is 20.3 Å². The Morgan fingerprint density at radius 1 is 1.29 bits per heavy atom. The van der Waals surface area contributed by atoms with Crippen molar-refractivity contribution < 1.29 is 0 Å². The van der Waals surface area contributed by atoms with Crippen molar-refractivity contribution in [2.75, 3.05) is 0 Å². The first-order valence-electron chi connectivity index (χ1n) is 3.58. The Hall–Kier alpha value is 1.03. The molecule has 0 N–H and O–H groups in total. The molecular formula is C8H3Br4NS. The van der Waals surface area contributed by atoms with E-state index in [4.69, 9.17) is 0 Å². The average molecular weight is 465 g/mol. The van der Waals surface area contributed by atoms with Gasteiger partial charge in [-0.3, -0.25) is 0 Å². The minimum absolute atomic E-state index is 0.367. The zero-order chi connectivity index (χ0) is 10.3.